The van der Waals surface area contributed by atoms with Gasteiger partial charge in [0.2, 0.25) is 0 Å². The Kier molecular flexibility index (Phi) is 4.45. The molecule has 0 bridgehead atoms. The maximum Gasteiger partial charge on any atom is 0.0526 e. The van der Waals surface area contributed by atoms with Gasteiger partial charge in [-0.25, -0.2) is 0 Å². The van der Waals surface area contributed by atoms with Crippen molar-refractivity contribution >= 4 is 17.4 Å². The molecule has 2 rings (SSSR count). The van der Waals surface area contributed by atoms with Crippen molar-refractivity contribution in [3.63, 3.8) is 0 Å². The summed E-state index contributed by atoms with van der Waals surface area (Å²) in [6, 6.07) is 14.5. The van der Waals surface area contributed by atoms with Crippen molar-refractivity contribution in [3.05, 3.63) is 54.4 Å². The Balaban J connectivity index is 1.97. The maximum absolute atomic E-state index is 4.38. The van der Waals surface area contributed by atoms with Gasteiger partial charge in [0.25, 0.3) is 0 Å². The van der Waals surface area contributed by atoms with Gasteiger partial charge in [0.05, 0.1) is 5.69 Å². The number of nitrogens with zero attached hydrogens (tertiary/aromatic N) is 1. The lowest BCUT2D eigenvalue weighted by atomic mass is 10.3. The normalized spacial score (nSPS) is 10.2. The van der Waals surface area contributed by atoms with Crippen molar-refractivity contribution in [2.45, 2.75) is 17.6 Å². The van der Waals surface area contributed by atoms with E-state index in [9.17, 15) is 0 Å². The molecule has 1 N–H and O–H groups in total. The largest absolute Gasteiger partial charge is 0.385 e. The van der Waals surface area contributed by atoms with E-state index >= 15 is 0 Å². The Bertz CT molecular complexity index is 457. The zero-order valence-electron chi connectivity index (χ0n) is 9.89. The Hall–Kier alpha value is -1.48. The minimum absolute atomic E-state index is 0.906. The van der Waals surface area contributed by atoms with E-state index in [1.54, 1.807) is 0 Å². The first-order valence-electron chi connectivity index (χ1n) is 5.75. The summed E-state index contributed by atoms with van der Waals surface area (Å²) in [6.45, 7) is 3.04. The molecule has 0 aliphatic rings. The van der Waals surface area contributed by atoms with Crippen molar-refractivity contribution < 1.29 is 0 Å². The summed E-state index contributed by atoms with van der Waals surface area (Å²) in [4.78, 5) is 5.66. The van der Waals surface area contributed by atoms with Crippen LogP contribution in [0, 0.1) is 0 Å². The van der Waals surface area contributed by atoms with Gasteiger partial charge in [-0.05, 0) is 31.2 Å². The molecule has 0 atom stereocenters. The minimum atomic E-state index is 0.906. The number of anilines is 1. The van der Waals surface area contributed by atoms with Crippen LogP contribution < -0.4 is 5.32 Å². The summed E-state index contributed by atoms with van der Waals surface area (Å²) in [5.74, 6) is 0.906. The lowest BCUT2D eigenvalue weighted by Gasteiger charge is -2.05. The Morgan fingerprint density at radius 1 is 1.18 bits per heavy atom. The summed E-state index contributed by atoms with van der Waals surface area (Å²) in [5, 5.41) is 3.30. The van der Waals surface area contributed by atoms with Gasteiger partial charge < -0.3 is 5.32 Å². The van der Waals surface area contributed by atoms with Crippen molar-refractivity contribution in [3.8, 4) is 0 Å². The van der Waals surface area contributed by atoms with E-state index in [1.165, 1.54) is 4.90 Å². The van der Waals surface area contributed by atoms with Gasteiger partial charge in [0, 0.05) is 29.1 Å². The van der Waals surface area contributed by atoms with E-state index < -0.39 is 0 Å². The molecule has 0 unspecified atom stereocenters. The summed E-state index contributed by atoms with van der Waals surface area (Å²) in [5.41, 5.74) is 2.25. The highest BCUT2D eigenvalue weighted by Crippen LogP contribution is 2.22. The van der Waals surface area contributed by atoms with Crippen LogP contribution in [-0.2, 0) is 5.75 Å². The van der Waals surface area contributed by atoms with Crippen LogP contribution in [0.15, 0.2) is 53.6 Å². The molecule has 1 aromatic carbocycles. The summed E-state index contributed by atoms with van der Waals surface area (Å²) in [7, 11) is 0. The fraction of sp³-hybridized carbons (Fsp3) is 0.214. The molecular formula is C14H16N2S. The highest BCUT2D eigenvalue weighted by Gasteiger charge is 1.98. The first-order valence-corrected chi connectivity index (χ1v) is 6.73. The molecular weight excluding hydrogens is 228 g/mol. The van der Waals surface area contributed by atoms with Crippen molar-refractivity contribution in [1.82, 2.24) is 4.98 Å². The third-order valence-electron chi connectivity index (χ3n) is 2.33. The second-order valence-electron chi connectivity index (χ2n) is 3.67. The molecule has 0 aliphatic carbocycles. The van der Waals surface area contributed by atoms with Gasteiger partial charge in [0.15, 0.2) is 0 Å². The summed E-state index contributed by atoms with van der Waals surface area (Å²) < 4.78 is 0. The van der Waals surface area contributed by atoms with E-state index in [0.717, 1.165) is 23.7 Å². The second-order valence-corrected chi connectivity index (χ2v) is 4.72. The van der Waals surface area contributed by atoms with Crippen molar-refractivity contribution in [1.29, 1.82) is 0 Å². The number of aromatic nitrogens is 1. The van der Waals surface area contributed by atoms with Crippen molar-refractivity contribution in [2.75, 3.05) is 11.9 Å². The molecule has 88 valence electrons. The van der Waals surface area contributed by atoms with Crippen molar-refractivity contribution in [2.24, 2.45) is 0 Å². The SMILES string of the molecule is CCNc1ccnc(CSc2ccccc2)c1. The first-order chi connectivity index (χ1) is 8.38. The molecule has 0 amide bonds. The fourth-order valence-corrected chi connectivity index (χ4v) is 2.37. The Morgan fingerprint density at radius 2 is 2.00 bits per heavy atom. The molecule has 2 nitrogen and oxygen atoms in total. The molecule has 0 saturated carbocycles. The molecule has 0 saturated heterocycles. The van der Waals surface area contributed by atoms with Gasteiger partial charge in [-0.1, -0.05) is 18.2 Å². The number of pyridine rings is 1. The minimum Gasteiger partial charge on any atom is -0.385 e. The lowest BCUT2D eigenvalue weighted by Crippen LogP contribution is -1.97. The van der Waals surface area contributed by atoms with Crippen LogP contribution in [-0.4, -0.2) is 11.5 Å². The predicted octanol–water partition coefficient (Wildman–Crippen LogP) is 3.81. The topological polar surface area (TPSA) is 24.9 Å². The number of benzene rings is 1. The molecule has 0 spiro atoms. The number of hydrogen-bond donors (Lipinski definition) is 1. The molecule has 3 heteroatoms. The molecule has 0 fully saturated rings. The summed E-state index contributed by atoms with van der Waals surface area (Å²) in [6.07, 6.45) is 1.86. The predicted molar refractivity (Wildman–Crippen MR) is 74.4 cm³/mol. The molecule has 2 aromatic rings. The maximum atomic E-state index is 4.38. The summed E-state index contributed by atoms with van der Waals surface area (Å²) >= 11 is 1.81. The van der Waals surface area contributed by atoms with Crippen LogP contribution in [0.2, 0.25) is 0 Å². The van der Waals surface area contributed by atoms with Gasteiger partial charge in [-0.2, -0.15) is 0 Å². The second kappa shape index (κ2) is 6.30. The van der Waals surface area contributed by atoms with Gasteiger partial charge in [-0.3, -0.25) is 4.98 Å². The highest BCUT2D eigenvalue weighted by atomic mass is 32.2. The van der Waals surface area contributed by atoms with Gasteiger partial charge in [-0.15, -0.1) is 11.8 Å². The Labute approximate surface area is 106 Å². The van der Waals surface area contributed by atoms with E-state index in [0.29, 0.717) is 0 Å². The number of nitrogens with one attached hydrogen (secondary N) is 1. The fourth-order valence-electron chi connectivity index (χ4n) is 1.55. The van der Waals surface area contributed by atoms with Crippen LogP contribution in [0.4, 0.5) is 5.69 Å². The van der Waals surface area contributed by atoms with Crippen LogP contribution in [0.5, 0.6) is 0 Å². The third kappa shape index (κ3) is 3.79. The van der Waals surface area contributed by atoms with Crippen LogP contribution >= 0.6 is 11.8 Å². The first kappa shape index (κ1) is 12.0. The zero-order chi connectivity index (χ0) is 11.9. The standard InChI is InChI=1S/C14H16N2S/c1-2-15-12-8-9-16-13(10-12)11-17-14-6-4-3-5-7-14/h3-10H,2,11H2,1H3,(H,15,16). The van der Waals surface area contributed by atoms with Gasteiger partial charge in [0.1, 0.15) is 0 Å². The number of thioether (sulfide) groups is 1. The smallest absolute Gasteiger partial charge is 0.0526 e. The molecule has 1 aromatic heterocycles. The number of hydrogen-bond acceptors (Lipinski definition) is 3. The third-order valence-corrected chi connectivity index (χ3v) is 3.37. The van der Waals surface area contributed by atoms with E-state index in [4.69, 9.17) is 0 Å². The van der Waals surface area contributed by atoms with Crippen LogP contribution in [0.1, 0.15) is 12.6 Å². The molecule has 0 aliphatic heterocycles. The average molecular weight is 244 g/mol. The molecule has 1 heterocycles. The Morgan fingerprint density at radius 3 is 2.76 bits per heavy atom. The van der Waals surface area contributed by atoms with Crippen LogP contribution in [0.3, 0.4) is 0 Å². The van der Waals surface area contributed by atoms with E-state index in [1.807, 2.05) is 30.1 Å². The zero-order valence-corrected chi connectivity index (χ0v) is 10.7. The number of rotatable bonds is 5. The van der Waals surface area contributed by atoms with Crippen LogP contribution in [0.25, 0.3) is 0 Å². The van der Waals surface area contributed by atoms with E-state index in [2.05, 4.69) is 47.6 Å². The quantitative estimate of drug-likeness (QED) is 0.810. The monoisotopic (exact) mass is 244 g/mol. The molecule has 0 radical (unpaired) electrons. The highest BCUT2D eigenvalue weighted by molar-refractivity contribution is 7.98. The van der Waals surface area contributed by atoms with E-state index in [-0.39, 0.29) is 0 Å². The molecule has 17 heavy (non-hydrogen) atoms. The lowest BCUT2D eigenvalue weighted by molar-refractivity contribution is 1.15. The average Bonchev–Trinajstić information content (AvgIpc) is 2.39. The van der Waals surface area contributed by atoms with Gasteiger partial charge >= 0.3 is 0 Å².